The van der Waals surface area contributed by atoms with Crippen molar-refractivity contribution in [2.75, 3.05) is 4.90 Å². The average Bonchev–Trinajstić information content (AvgIpc) is 4.08. The summed E-state index contributed by atoms with van der Waals surface area (Å²) in [5.74, 6) is 3.10. The highest BCUT2D eigenvalue weighted by atomic mass is 32.1. The van der Waals surface area contributed by atoms with Crippen LogP contribution < -0.4 is 4.90 Å². The molecule has 2 heterocycles. The number of thiophene rings is 1. The minimum absolute atomic E-state index is 0.643. The minimum Gasteiger partial charge on any atom is -0.436 e. The highest BCUT2D eigenvalue weighted by Gasteiger charge is 2.40. The molecule has 2 bridgehead atoms. The molecule has 268 valence electrons. The van der Waals surface area contributed by atoms with Crippen molar-refractivity contribution in [2.24, 2.45) is 11.8 Å². The smallest absolute Gasteiger partial charge is 0.227 e. The van der Waals surface area contributed by atoms with Gasteiger partial charge in [0.2, 0.25) is 5.89 Å². The van der Waals surface area contributed by atoms with E-state index in [1.165, 1.54) is 67.9 Å². The quantitative estimate of drug-likeness (QED) is 0.159. The third kappa shape index (κ3) is 5.13. The maximum atomic E-state index is 6.38. The van der Waals surface area contributed by atoms with Crippen LogP contribution in [-0.4, -0.2) is 4.98 Å². The lowest BCUT2D eigenvalue weighted by molar-refractivity contribution is 0.420. The van der Waals surface area contributed by atoms with Crippen molar-refractivity contribution >= 4 is 81.2 Å². The molecule has 0 spiro atoms. The lowest BCUT2D eigenvalue weighted by Crippen LogP contribution is -2.12. The van der Waals surface area contributed by atoms with Gasteiger partial charge >= 0.3 is 0 Å². The third-order valence-corrected chi connectivity index (χ3v) is 13.9. The van der Waals surface area contributed by atoms with Gasteiger partial charge in [-0.3, -0.25) is 0 Å². The third-order valence-electron chi connectivity index (χ3n) is 12.8. The summed E-state index contributed by atoms with van der Waals surface area (Å²) in [5, 5.41) is 7.23. The fourth-order valence-electron chi connectivity index (χ4n) is 10.1. The second-order valence-electron chi connectivity index (χ2n) is 15.9. The fraction of sp³-hybridized carbons (Fsp3) is 0.135. The van der Waals surface area contributed by atoms with E-state index in [2.05, 4.69) is 150 Å². The molecular formula is C52H38N2OS. The van der Waals surface area contributed by atoms with Crippen molar-refractivity contribution in [3.8, 4) is 22.6 Å². The highest BCUT2D eigenvalue weighted by Crippen LogP contribution is 2.53. The van der Waals surface area contributed by atoms with Crippen molar-refractivity contribution < 1.29 is 4.42 Å². The maximum Gasteiger partial charge on any atom is 0.227 e. The van der Waals surface area contributed by atoms with Crippen LogP contribution in [0.25, 0.3) is 75.4 Å². The van der Waals surface area contributed by atoms with Gasteiger partial charge in [0.1, 0.15) is 5.52 Å². The molecule has 0 radical (unpaired) electrons. The zero-order chi connectivity index (χ0) is 36.7. The molecule has 10 aromatic rings. The van der Waals surface area contributed by atoms with Gasteiger partial charge in [-0.05, 0) is 131 Å². The predicted molar refractivity (Wildman–Crippen MR) is 236 cm³/mol. The van der Waals surface area contributed by atoms with Crippen LogP contribution in [0.1, 0.15) is 37.2 Å². The van der Waals surface area contributed by atoms with Crippen LogP contribution in [0.3, 0.4) is 0 Å². The number of anilines is 3. The van der Waals surface area contributed by atoms with Crippen LogP contribution in [-0.2, 0) is 0 Å². The van der Waals surface area contributed by atoms with E-state index in [0.29, 0.717) is 11.8 Å². The topological polar surface area (TPSA) is 29.3 Å². The summed E-state index contributed by atoms with van der Waals surface area (Å²) in [6.45, 7) is 0. The predicted octanol–water partition coefficient (Wildman–Crippen LogP) is 15.2. The van der Waals surface area contributed by atoms with E-state index in [4.69, 9.17) is 9.40 Å². The second kappa shape index (κ2) is 12.7. The Morgan fingerprint density at radius 2 is 1.34 bits per heavy atom. The molecule has 2 saturated carbocycles. The first-order valence-electron chi connectivity index (χ1n) is 19.9. The summed E-state index contributed by atoms with van der Waals surface area (Å²) in [4.78, 5) is 7.58. The number of benzene rings is 8. The molecule has 2 aliphatic rings. The van der Waals surface area contributed by atoms with Crippen LogP contribution in [0.2, 0.25) is 0 Å². The van der Waals surface area contributed by atoms with Gasteiger partial charge in [-0.2, -0.15) is 0 Å². The monoisotopic (exact) mass is 738 g/mol. The molecule has 8 aromatic carbocycles. The second-order valence-corrected chi connectivity index (χ2v) is 17.0. The largest absolute Gasteiger partial charge is 0.436 e. The molecule has 2 aromatic heterocycles. The molecule has 3 unspecified atom stereocenters. The first kappa shape index (κ1) is 32.1. The highest BCUT2D eigenvalue weighted by molar-refractivity contribution is 7.25. The Labute approximate surface area is 329 Å². The van der Waals surface area contributed by atoms with Crippen molar-refractivity contribution in [3.05, 3.63) is 169 Å². The number of nitrogens with zero attached hydrogens (tertiary/aromatic N) is 2. The minimum atomic E-state index is 0.643. The van der Waals surface area contributed by atoms with Crippen molar-refractivity contribution in [2.45, 2.75) is 31.6 Å². The van der Waals surface area contributed by atoms with Gasteiger partial charge in [-0.1, -0.05) is 103 Å². The molecule has 56 heavy (non-hydrogen) atoms. The summed E-state index contributed by atoms with van der Waals surface area (Å²) < 4.78 is 9.03. The van der Waals surface area contributed by atoms with Gasteiger partial charge in [-0.15, -0.1) is 11.3 Å². The number of rotatable bonds is 6. The molecule has 0 amide bonds. The summed E-state index contributed by atoms with van der Waals surface area (Å²) in [6.07, 6.45) is 5.56. The fourth-order valence-corrected chi connectivity index (χ4v) is 11.2. The summed E-state index contributed by atoms with van der Waals surface area (Å²) in [5.41, 5.74) is 10.0. The normalized spacial score (nSPS) is 17.9. The molecule has 0 saturated heterocycles. The molecule has 0 N–H and O–H groups in total. The van der Waals surface area contributed by atoms with E-state index in [-0.39, 0.29) is 0 Å². The SMILES string of the molecule is c1ccc(-c2nc3c(ccc4ccc5c(N(c6ccc(C7CC8CCC7C8)cc6)c6cccc(-c7ccc8sc9ccccc9c8c7)c6)cccc5c43)o2)cc1. The molecule has 0 aliphatic heterocycles. The first-order valence-corrected chi connectivity index (χ1v) is 20.8. The molecule has 3 nitrogen and oxygen atoms in total. The Balaban J connectivity index is 1.03. The Kier molecular flexibility index (Phi) is 7.25. The van der Waals surface area contributed by atoms with Crippen molar-refractivity contribution in [3.63, 3.8) is 0 Å². The lowest BCUT2D eigenvalue weighted by Gasteiger charge is -2.28. The van der Waals surface area contributed by atoms with Crippen LogP contribution >= 0.6 is 11.3 Å². The van der Waals surface area contributed by atoms with Crippen LogP contribution in [0, 0.1) is 11.8 Å². The van der Waals surface area contributed by atoms with Gasteiger partial charge in [0.05, 0.1) is 5.69 Å². The molecule has 4 heteroatoms. The zero-order valence-corrected chi connectivity index (χ0v) is 31.7. The van der Waals surface area contributed by atoms with Gasteiger partial charge in [0.15, 0.2) is 5.58 Å². The summed E-state index contributed by atoms with van der Waals surface area (Å²) in [7, 11) is 0. The van der Waals surface area contributed by atoms with Crippen molar-refractivity contribution in [1.82, 2.24) is 4.98 Å². The Morgan fingerprint density at radius 3 is 2.21 bits per heavy atom. The molecule has 2 fully saturated rings. The Bertz CT molecular complexity index is 3120. The standard InChI is InChI=1S/C52H38N2OS/c1-2-8-35(9-3-1)52-53-51-47(55-52)26-21-34-20-25-41-43(50(34)51)13-7-14-46(41)54(39-23-18-33(19-24-39)44-29-32-16-17-38(44)28-32)40-11-6-10-36(30-40)37-22-27-49-45(31-37)42-12-4-5-15-48(42)56-49/h1-15,18-27,30-32,38,44H,16-17,28-29H2. The van der Waals surface area contributed by atoms with Gasteiger partial charge in [-0.25, -0.2) is 4.98 Å². The van der Waals surface area contributed by atoms with Gasteiger partial charge in [0, 0.05) is 47.9 Å². The lowest BCUT2D eigenvalue weighted by atomic mass is 9.83. The number of oxazole rings is 1. The molecule has 2 aliphatic carbocycles. The summed E-state index contributed by atoms with van der Waals surface area (Å²) >= 11 is 1.87. The maximum absolute atomic E-state index is 6.38. The van der Waals surface area contributed by atoms with Crippen LogP contribution in [0.15, 0.2) is 168 Å². The van der Waals surface area contributed by atoms with E-state index in [1.807, 2.05) is 29.5 Å². The number of fused-ring (bicyclic) bond motifs is 10. The average molecular weight is 739 g/mol. The van der Waals surface area contributed by atoms with E-state index in [9.17, 15) is 0 Å². The number of hydrogen-bond acceptors (Lipinski definition) is 4. The van der Waals surface area contributed by atoms with E-state index in [1.54, 1.807) is 0 Å². The molecule has 3 atom stereocenters. The van der Waals surface area contributed by atoms with Gasteiger partial charge in [0.25, 0.3) is 0 Å². The van der Waals surface area contributed by atoms with Crippen LogP contribution in [0.4, 0.5) is 17.1 Å². The summed E-state index contributed by atoms with van der Waals surface area (Å²) in [6, 6.07) is 60.0. The zero-order valence-electron chi connectivity index (χ0n) is 30.9. The van der Waals surface area contributed by atoms with Crippen molar-refractivity contribution in [1.29, 1.82) is 0 Å². The molecule has 12 rings (SSSR count). The number of hydrogen-bond donors (Lipinski definition) is 0. The van der Waals surface area contributed by atoms with Crippen LogP contribution in [0.5, 0.6) is 0 Å². The first-order chi connectivity index (χ1) is 27.7. The Morgan fingerprint density at radius 1 is 0.554 bits per heavy atom. The van der Waals surface area contributed by atoms with Gasteiger partial charge < -0.3 is 9.32 Å². The Hall–Kier alpha value is -6.23. The van der Waals surface area contributed by atoms with E-state index < -0.39 is 0 Å². The number of aromatic nitrogens is 1. The van der Waals surface area contributed by atoms with E-state index in [0.717, 1.165) is 61.7 Å². The van der Waals surface area contributed by atoms with E-state index >= 15 is 0 Å². The molecular weight excluding hydrogens is 701 g/mol.